The average Bonchev–Trinajstić information content (AvgIpc) is 2.92. The molecule has 0 radical (unpaired) electrons. The van der Waals surface area contributed by atoms with Crippen LogP contribution in [-0.4, -0.2) is 18.4 Å². The van der Waals surface area contributed by atoms with Crippen LogP contribution in [0.1, 0.15) is 43.0 Å². The third-order valence-electron chi connectivity index (χ3n) is 3.70. The first-order valence-corrected chi connectivity index (χ1v) is 6.98. The molecule has 5 heteroatoms. The number of rotatable bonds is 2. The van der Waals surface area contributed by atoms with Crippen LogP contribution in [0.25, 0.3) is 0 Å². The van der Waals surface area contributed by atoms with E-state index < -0.39 is 0 Å². The van der Waals surface area contributed by atoms with E-state index in [1.165, 1.54) is 6.42 Å². The van der Waals surface area contributed by atoms with Crippen molar-refractivity contribution in [3.05, 3.63) is 23.8 Å². The Kier molecular flexibility index (Phi) is 3.58. The van der Waals surface area contributed by atoms with Crippen LogP contribution in [-0.2, 0) is 0 Å². The van der Waals surface area contributed by atoms with Crippen LogP contribution in [0.15, 0.2) is 23.3 Å². The molecule has 0 bridgehead atoms. The Morgan fingerprint density at radius 1 is 1.35 bits per heavy atom. The highest BCUT2D eigenvalue weighted by Crippen LogP contribution is 2.32. The van der Waals surface area contributed by atoms with E-state index >= 15 is 0 Å². The predicted molar refractivity (Wildman–Crippen MR) is 75.1 cm³/mol. The molecule has 1 aromatic rings. The summed E-state index contributed by atoms with van der Waals surface area (Å²) in [6.07, 6.45) is 4.35. The van der Waals surface area contributed by atoms with Crippen molar-refractivity contribution in [1.82, 2.24) is 5.43 Å². The maximum absolute atomic E-state index is 12.1. The Morgan fingerprint density at radius 2 is 2.20 bits per heavy atom. The number of benzene rings is 1. The number of carbonyl (C=O) groups is 1. The molecule has 0 aromatic heterocycles. The van der Waals surface area contributed by atoms with Crippen LogP contribution in [0.4, 0.5) is 0 Å². The summed E-state index contributed by atoms with van der Waals surface area (Å²) in [4.78, 5) is 12.1. The van der Waals surface area contributed by atoms with Gasteiger partial charge in [-0.15, -0.1) is 0 Å². The first-order chi connectivity index (χ1) is 9.72. The first-order valence-electron chi connectivity index (χ1n) is 6.98. The lowest BCUT2D eigenvalue weighted by Crippen LogP contribution is -2.22. The Morgan fingerprint density at radius 3 is 3.05 bits per heavy atom. The van der Waals surface area contributed by atoms with Crippen molar-refractivity contribution in [2.24, 2.45) is 11.0 Å². The maximum atomic E-state index is 12.1. The van der Waals surface area contributed by atoms with Crippen molar-refractivity contribution in [2.45, 2.75) is 32.6 Å². The molecule has 1 fully saturated rings. The second kappa shape index (κ2) is 5.53. The van der Waals surface area contributed by atoms with Gasteiger partial charge in [0.05, 0.1) is 0 Å². The third kappa shape index (κ3) is 2.76. The molecular weight excluding hydrogens is 256 g/mol. The van der Waals surface area contributed by atoms with Crippen molar-refractivity contribution in [2.75, 3.05) is 6.79 Å². The molecule has 1 saturated carbocycles. The number of amides is 1. The summed E-state index contributed by atoms with van der Waals surface area (Å²) >= 11 is 0. The summed E-state index contributed by atoms with van der Waals surface area (Å²) in [5, 5.41) is 4.25. The number of nitrogens with zero attached hydrogens (tertiary/aromatic N) is 1. The molecule has 5 nitrogen and oxygen atoms in total. The summed E-state index contributed by atoms with van der Waals surface area (Å²) in [5.74, 6) is 1.73. The number of fused-ring (bicyclic) bond motifs is 1. The molecule has 1 aliphatic heterocycles. The average molecular weight is 274 g/mol. The number of hydrazone groups is 1. The van der Waals surface area contributed by atoms with Gasteiger partial charge in [0.25, 0.3) is 5.91 Å². The summed E-state index contributed by atoms with van der Waals surface area (Å²) in [6.45, 7) is 2.43. The summed E-state index contributed by atoms with van der Waals surface area (Å²) < 4.78 is 10.5. The van der Waals surface area contributed by atoms with E-state index in [2.05, 4.69) is 17.5 Å². The molecule has 0 spiro atoms. The van der Waals surface area contributed by atoms with Gasteiger partial charge in [-0.2, -0.15) is 5.10 Å². The van der Waals surface area contributed by atoms with Gasteiger partial charge in [-0.3, -0.25) is 4.79 Å². The second-order valence-electron chi connectivity index (χ2n) is 5.39. The molecule has 106 valence electrons. The molecular formula is C15H18N2O3. The Hall–Kier alpha value is -2.04. The zero-order chi connectivity index (χ0) is 13.9. The normalized spacial score (nSPS) is 22.9. The van der Waals surface area contributed by atoms with Crippen LogP contribution in [0, 0.1) is 5.92 Å². The fourth-order valence-electron chi connectivity index (χ4n) is 2.59. The number of hydrogen-bond donors (Lipinski definition) is 1. The SMILES string of the molecule is CC1CCCC(=NNC(=O)c2ccc3c(c2)OCO3)C1. The van der Waals surface area contributed by atoms with Gasteiger partial charge in [0.1, 0.15) is 0 Å². The van der Waals surface area contributed by atoms with E-state index in [-0.39, 0.29) is 12.7 Å². The fraction of sp³-hybridized carbons (Fsp3) is 0.467. The molecule has 1 N–H and O–H groups in total. The summed E-state index contributed by atoms with van der Waals surface area (Å²) in [5.41, 5.74) is 4.24. The number of carbonyl (C=O) groups excluding carboxylic acids is 1. The van der Waals surface area contributed by atoms with Crippen LogP contribution >= 0.6 is 0 Å². The molecule has 0 saturated heterocycles. The molecule has 1 amide bonds. The van der Waals surface area contributed by atoms with E-state index in [1.807, 2.05) is 0 Å². The van der Waals surface area contributed by atoms with Crippen molar-refractivity contribution in [3.63, 3.8) is 0 Å². The Bertz CT molecular complexity index is 554. The first kappa shape index (κ1) is 13.0. The molecule has 1 aromatic carbocycles. The topological polar surface area (TPSA) is 59.9 Å². The predicted octanol–water partition coefficient (Wildman–Crippen LogP) is 2.71. The molecule has 1 atom stereocenters. The molecule has 2 aliphatic rings. The second-order valence-corrected chi connectivity index (χ2v) is 5.39. The molecule has 3 rings (SSSR count). The molecule has 20 heavy (non-hydrogen) atoms. The van der Waals surface area contributed by atoms with Gasteiger partial charge in [-0.05, 0) is 49.8 Å². The highest BCUT2D eigenvalue weighted by molar-refractivity contribution is 5.96. The number of ether oxygens (including phenoxy) is 2. The Labute approximate surface area is 118 Å². The largest absolute Gasteiger partial charge is 0.454 e. The van der Waals surface area contributed by atoms with Gasteiger partial charge in [-0.25, -0.2) is 5.43 Å². The van der Waals surface area contributed by atoms with Crippen molar-refractivity contribution < 1.29 is 14.3 Å². The smallest absolute Gasteiger partial charge is 0.271 e. The van der Waals surface area contributed by atoms with Crippen molar-refractivity contribution in [3.8, 4) is 11.5 Å². The van der Waals surface area contributed by atoms with Crippen molar-refractivity contribution >= 4 is 11.6 Å². The lowest BCUT2D eigenvalue weighted by atomic mass is 9.89. The standard InChI is InChI=1S/C15H18N2O3/c1-10-3-2-4-12(7-10)16-17-15(18)11-5-6-13-14(8-11)20-9-19-13/h5-6,8,10H,2-4,7,9H2,1H3,(H,17,18). The summed E-state index contributed by atoms with van der Waals surface area (Å²) in [7, 11) is 0. The molecule has 1 unspecified atom stereocenters. The lowest BCUT2D eigenvalue weighted by molar-refractivity contribution is 0.0954. The lowest BCUT2D eigenvalue weighted by Gasteiger charge is -2.18. The van der Waals surface area contributed by atoms with Gasteiger partial charge in [0.2, 0.25) is 6.79 Å². The van der Waals surface area contributed by atoms with Crippen LogP contribution in [0.3, 0.4) is 0 Å². The highest BCUT2D eigenvalue weighted by Gasteiger charge is 2.17. The summed E-state index contributed by atoms with van der Waals surface area (Å²) in [6, 6.07) is 5.14. The van der Waals surface area contributed by atoms with Gasteiger partial charge >= 0.3 is 0 Å². The van der Waals surface area contributed by atoms with E-state index in [0.717, 1.165) is 25.0 Å². The van der Waals surface area contributed by atoms with E-state index in [0.29, 0.717) is 23.0 Å². The highest BCUT2D eigenvalue weighted by atomic mass is 16.7. The minimum absolute atomic E-state index is 0.209. The minimum Gasteiger partial charge on any atom is -0.454 e. The van der Waals surface area contributed by atoms with Crippen LogP contribution < -0.4 is 14.9 Å². The quantitative estimate of drug-likeness (QED) is 0.843. The zero-order valence-electron chi connectivity index (χ0n) is 11.5. The van der Waals surface area contributed by atoms with E-state index in [4.69, 9.17) is 9.47 Å². The van der Waals surface area contributed by atoms with Crippen molar-refractivity contribution in [1.29, 1.82) is 0 Å². The van der Waals surface area contributed by atoms with E-state index in [9.17, 15) is 4.79 Å². The van der Waals surface area contributed by atoms with Gasteiger partial charge in [0.15, 0.2) is 11.5 Å². The van der Waals surface area contributed by atoms with Crippen LogP contribution in [0.2, 0.25) is 0 Å². The Balaban J connectivity index is 1.66. The zero-order valence-corrected chi connectivity index (χ0v) is 11.5. The number of hydrogen-bond acceptors (Lipinski definition) is 4. The van der Waals surface area contributed by atoms with E-state index in [1.54, 1.807) is 18.2 Å². The van der Waals surface area contributed by atoms with Gasteiger partial charge < -0.3 is 9.47 Å². The van der Waals surface area contributed by atoms with Gasteiger partial charge in [-0.1, -0.05) is 6.92 Å². The maximum Gasteiger partial charge on any atom is 0.271 e. The minimum atomic E-state index is -0.214. The van der Waals surface area contributed by atoms with Gasteiger partial charge in [0, 0.05) is 11.3 Å². The monoisotopic (exact) mass is 274 g/mol. The molecule has 1 aliphatic carbocycles. The fourth-order valence-corrected chi connectivity index (χ4v) is 2.59. The number of nitrogens with one attached hydrogen (secondary N) is 1. The van der Waals surface area contributed by atoms with Crippen LogP contribution in [0.5, 0.6) is 11.5 Å². The third-order valence-corrected chi connectivity index (χ3v) is 3.70. The molecule has 1 heterocycles.